The van der Waals surface area contributed by atoms with Gasteiger partial charge in [0.2, 0.25) is 0 Å². The molecule has 1 rings (SSSR count). The summed E-state index contributed by atoms with van der Waals surface area (Å²) in [6.07, 6.45) is 0. The van der Waals surface area contributed by atoms with Gasteiger partial charge in [0.25, 0.3) is 10.1 Å². The zero-order valence-corrected chi connectivity index (χ0v) is 7.84. The number of aliphatic hydroxyl groups is 1. The Kier molecular flexibility index (Phi) is 3.02. The van der Waals surface area contributed by atoms with Gasteiger partial charge in [-0.3, -0.25) is 4.18 Å². The third-order valence-electron chi connectivity index (χ3n) is 1.51. The van der Waals surface area contributed by atoms with Crippen LogP contribution in [0.2, 0.25) is 0 Å². The summed E-state index contributed by atoms with van der Waals surface area (Å²) in [6, 6.07) is 6.83. The smallest absolute Gasteiger partial charge is 0.297 e. The lowest BCUT2D eigenvalue weighted by atomic mass is 10.2. The van der Waals surface area contributed by atoms with E-state index in [4.69, 9.17) is 5.11 Å². The molecule has 5 heteroatoms. The van der Waals surface area contributed by atoms with Crippen LogP contribution >= 0.6 is 0 Å². The molecular weight excluding hydrogens is 192 g/mol. The molecular formula is C8H9O4S. The molecule has 4 nitrogen and oxygen atoms in total. The molecule has 0 saturated carbocycles. The largest absolute Gasteiger partial charge is 0.392 e. The van der Waals surface area contributed by atoms with Gasteiger partial charge >= 0.3 is 0 Å². The second-order valence-corrected chi connectivity index (χ2v) is 4.02. The molecule has 0 fully saturated rings. The highest BCUT2D eigenvalue weighted by Crippen LogP contribution is 2.12. The molecule has 0 aliphatic carbocycles. The van der Waals surface area contributed by atoms with Crippen molar-refractivity contribution >= 4 is 10.1 Å². The highest BCUT2D eigenvalue weighted by molar-refractivity contribution is 7.86. The van der Waals surface area contributed by atoms with E-state index in [1.165, 1.54) is 12.1 Å². The lowest BCUT2D eigenvalue weighted by Gasteiger charge is -2.01. The molecule has 0 heterocycles. The van der Waals surface area contributed by atoms with Crippen LogP contribution in [-0.2, 0) is 20.9 Å². The molecule has 0 spiro atoms. The minimum atomic E-state index is -3.70. The molecule has 0 aromatic heterocycles. The predicted octanol–water partition coefficient (Wildman–Crippen LogP) is 0.314. The molecule has 0 atom stereocenters. The van der Waals surface area contributed by atoms with Gasteiger partial charge < -0.3 is 5.11 Å². The van der Waals surface area contributed by atoms with Gasteiger partial charge in [0.1, 0.15) is 4.90 Å². The molecule has 1 N–H and O–H groups in total. The highest BCUT2D eigenvalue weighted by atomic mass is 32.2. The Morgan fingerprint density at radius 2 is 2.31 bits per heavy atom. The lowest BCUT2D eigenvalue weighted by molar-refractivity contribution is 0.281. The molecule has 71 valence electrons. The van der Waals surface area contributed by atoms with E-state index in [0.717, 1.165) is 7.11 Å². The Hall–Kier alpha value is -0.910. The minimum Gasteiger partial charge on any atom is -0.392 e. The zero-order chi connectivity index (χ0) is 9.90. The molecule has 1 aromatic rings. The van der Waals surface area contributed by atoms with Crippen molar-refractivity contribution in [3.8, 4) is 0 Å². The van der Waals surface area contributed by atoms with Crippen LogP contribution in [0.15, 0.2) is 23.1 Å². The van der Waals surface area contributed by atoms with Gasteiger partial charge in [-0.1, -0.05) is 12.1 Å². The van der Waals surface area contributed by atoms with E-state index >= 15 is 0 Å². The maximum Gasteiger partial charge on any atom is 0.297 e. The highest BCUT2D eigenvalue weighted by Gasteiger charge is 2.12. The summed E-state index contributed by atoms with van der Waals surface area (Å²) in [5.41, 5.74) is 0.509. The van der Waals surface area contributed by atoms with Crippen LogP contribution in [-0.4, -0.2) is 20.6 Å². The molecule has 0 aliphatic heterocycles. The van der Waals surface area contributed by atoms with E-state index in [2.05, 4.69) is 10.2 Å². The summed E-state index contributed by atoms with van der Waals surface area (Å²) < 4.78 is 26.6. The van der Waals surface area contributed by atoms with Gasteiger partial charge in [-0.25, -0.2) is 0 Å². The molecule has 0 bridgehead atoms. The van der Waals surface area contributed by atoms with Crippen molar-refractivity contribution < 1.29 is 17.7 Å². The van der Waals surface area contributed by atoms with Crippen LogP contribution in [0.1, 0.15) is 5.56 Å². The van der Waals surface area contributed by atoms with Crippen molar-refractivity contribution in [3.63, 3.8) is 0 Å². The van der Waals surface area contributed by atoms with Gasteiger partial charge in [0, 0.05) is 6.07 Å². The average Bonchev–Trinajstić information content (AvgIpc) is 2.18. The van der Waals surface area contributed by atoms with Crippen LogP contribution in [0.3, 0.4) is 0 Å². The number of hydrogen-bond donors (Lipinski definition) is 1. The number of rotatable bonds is 3. The third kappa shape index (κ3) is 2.27. The zero-order valence-electron chi connectivity index (χ0n) is 7.02. The van der Waals surface area contributed by atoms with Crippen molar-refractivity contribution in [2.24, 2.45) is 0 Å². The fraction of sp³-hybridized carbons (Fsp3) is 0.250. The summed E-state index contributed by atoms with van der Waals surface area (Å²) in [4.78, 5) is -0.0680. The maximum absolute atomic E-state index is 11.1. The third-order valence-corrected chi connectivity index (χ3v) is 2.72. The topological polar surface area (TPSA) is 63.6 Å². The lowest BCUT2D eigenvalue weighted by Crippen LogP contribution is -2.03. The monoisotopic (exact) mass is 201 g/mol. The van der Waals surface area contributed by atoms with E-state index in [1.807, 2.05) is 0 Å². The molecule has 0 unspecified atom stereocenters. The van der Waals surface area contributed by atoms with Crippen molar-refractivity contribution in [2.45, 2.75) is 11.5 Å². The Morgan fingerprint density at radius 3 is 2.85 bits per heavy atom. The standard InChI is InChI=1S/C8H9O4S/c1-12-13(10,11)8-4-2-3-7(5-8)6-9/h2-3,5,9H,6H2,1H3. The quantitative estimate of drug-likeness (QED) is 0.715. The number of aliphatic hydroxyl groups excluding tert-OH is 1. The summed E-state index contributed by atoms with van der Waals surface area (Å²) in [7, 11) is -2.62. The second kappa shape index (κ2) is 3.87. The van der Waals surface area contributed by atoms with Crippen LogP contribution in [0.5, 0.6) is 0 Å². The first kappa shape index (κ1) is 10.2. The molecule has 0 saturated heterocycles. The van der Waals surface area contributed by atoms with E-state index in [0.29, 0.717) is 5.56 Å². The first-order valence-electron chi connectivity index (χ1n) is 3.52. The van der Waals surface area contributed by atoms with Gasteiger partial charge in [-0.15, -0.1) is 0 Å². The van der Waals surface area contributed by atoms with Crippen LogP contribution in [0, 0.1) is 6.07 Å². The van der Waals surface area contributed by atoms with Gasteiger partial charge in [0.05, 0.1) is 13.7 Å². The van der Waals surface area contributed by atoms with E-state index in [9.17, 15) is 8.42 Å². The Morgan fingerprint density at radius 1 is 1.62 bits per heavy atom. The molecule has 1 radical (unpaired) electrons. The summed E-state index contributed by atoms with van der Waals surface area (Å²) in [6.45, 7) is -0.207. The summed E-state index contributed by atoms with van der Waals surface area (Å²) in [5.74, 6) is 0. The Balaban J connectivity index is 3.17. The van der Waals surface area contributed by atoms with Crippen LogP contribution < -0.4 is 0 Å². The van der Waals surface area contributed by atoms with E-state index in [-0.39, 0.29) is 11.5 Å². The van der Waals surface area contributed by atoms with Crippen molar-refractivity contribution in [2.75, 3.05) is 7.11 Å². The van der Waals surface area contributed by atoms with E-state index in [1.54, 1.807) is 6.07 Å². The van der Waals surface area contributed by atoms with Crippen LogP contribution in [0.4, 0.5) is 0 Å². The maximum atomic E-state index is 11.1. The molecule has 0 amide bonds. The number of benzene rings is 1. The van der Waals surface area contributed by atoms with E-state index < -0.39 is 10.1 Å². The average molecular weight is 201 g/mol. The normalized spacial score (nSPS) is 11.5. The Labute approximate surface area is 76.9 Å². The second-order valence-electron chi connectivity index (χ2n) is 2.34. The van der Waals surface area contributed by atoms with Gasteiger partial charge in [-0.05, 0) is 11.6 Å². The molecule has 0 aliphatic rings. The van der Waals surface area contributed by atoms with Gasteiger partial charge in [0.15, 0.2) is 0 Å². The Bertz CT molecular complexity index is 383. The van der Waals surface area contributed by atoms with Crippen molar-refractivity contribution in [1.29, 1.82) is 0 Å². The molecule has 1 aromatic carbocycles. The first-order valence-corrected chi connectivity index (χ1v) is 4.93. The van der Waals surface area contributed by atoms with Gasteiger partial charge in [-0.2, -0.15) is 8.42 Å². The van der Waals surface area contributed by atoms with Crippen molar-refractivity contribution in [3.05, 3.63) is 29.8 Å². The fourth-order valence-electron chi connectivity index (χ4n) is 0.821. The first-order chi connectivity index (χ1) is 6.10. The number of hydrogen-bond acceptors (Lipinski definition) is 4. The fourth-order valence-corrected chi connectivity index (χ4v) is 1.51. The summed E-state index contributed by atoms with van der Waals surface area (Å²) >= 11 is 0. The molecule has 13 heavy (non-hydrogen) atoms. The van der Waals surface area contributed by atoms with Crippen molar-refractivity contribution in [1.82, 2.24) is 0 Å². The SMILES string of the molecule is COS(=O)(=O)c1[c]ccc(CO)c1. The summed E-state index contributed by atoms with van der Waals surface area (Å²) in [5, 5.41) is 8.75. The minimum absolute atomic E-state index is 0.0680. The van der Waals surface area contributed by atoms with Crippen LogP contribution in [0.25, 0.3) is 0 Å². The predicted molar refractivity (Wildman–Crippen MR) is 45.4 cm³/mol.